The van der Waals surface area contributed by atoms with Gasteiger partial charge in [0, 0.05) is 5.46 Å². The Morgan fingerprint density at radius 3 is 2.21 bits per heavy atom. The van der Waals surface area contributed by atoms with E-state index in [9.17, 15) is 0 Å². The lowest BCUT2D eigenvalue weighted by Gasteiger charge is -2.32. The molecule has 1 aromatic rings. The van der Waals surface area contributed by atoms with E-state index < -0.39 is 7.12 Å². The van der Waals surface area contributed by atoms with Gasteiger partial charge in [-0.2, -0.15) is 0 Å². The summed E-state index contributed by atoms with van der Waals surface area (Å²) in [5.74, 6) is 0.671. The van der Waals surface area contributed by atoms with E-state index in [4.69, 9.17) is 19.2 Å². The lowest BCUT2D eigenvalue weighted by Crippen LogP contribution is -2.41. The minimum Gasteiger partial charge on any atom is -0.497 e. The molecule has 1 heterocycles. The molecule has 1 saturated heterocycles. The van der Waals surface area contributed by atoms with Gasteiger partial charge in [-0.15, -0.1) is 0 Å². The summed E-state index contributed by atoms with van der Waals surface area (Å²) >= 11 is 0. The summed E-state index contributed by atoms with van der Waals surface area (Å²) in [5, 5.41) is 9.16. The van der Waals surface area contributed by atoms with Crippen LogP contribution < -0.4 is 10.2 Å². The van der Waals surface area contributed by atoms with Gasteiger partial charge in [0.05, 0.1) is 24.9 Å². The minimum absolute atomic E-state index is 0.0139. The van der Waals surface area contributed by atoms with Crippen molar-refractivity contribution in [2.24, 2.45) is 0 Å². The van der Waals surface area contributed by atoms with Gasteiger partial charge in [0.2, 0.25) is 0 Å². The molecule has 1 fully saturated rings. The van der Waals surface area contributed by atoms with Crippen LogP contribution in [0.25, 0.3) is 0 Å². The van der Waals surface area contributed by atoms with Gasteiger partial charge in [-0.25, -0.2) is 0 Å². The SMILES string of the molecule is COc1cc(CO)ccc1B1OC(C)(C)C(C)(C)O1. The van der Waals surface area contributed by atoms with Gasteiger partial charge in [0.15, 0.2) is 0 Å². The maximum absolute atomic E-state index is 9.16. The molecule has 0 aromatic heterocycles. The molecule has 0 bridgehead atoms. The van der Waals surface area contributed by atoms with Crippen LogP contribution in [-0.2, 0) is 15.9 Å². The van der Waals surface area contributed by atoms with Crippen molar-refractivity contribution >= 4 is 12.6 Å². The maximum Gasteiger partial charge on any atom is 0.498 e. The van der Waals surface area contributed by atoms with E-state index in [0.29, 0.717) is 5.75 Å². The molecule has 0 radical (unpaired) electrons. The largest absolute Gasteiger partial charge is 0.498 e. The zero-order valence-corrected chi connectivity index (χ0v) is 12.2. The zero-order chi connectivity index (χ0) is 14.3. The number of hydrogen-bond donors (Lipinski definition) is 1. The summed E-state index contributed by atoms with van der Waals surface area (Å²) in [5.41, 5.74) is 0.895. The molecule has 1 aromatic carbocycles. The number of methoxy groups -OCH3 is 1. The Morgan fingerprint density at radius 2 is 1.74 bits per heavy atom. The van der Waals surface area contributed by atoms with Crippen LogP contribution >= 0.6 is 0 Å². The summed E-state index contributed by atoms with van der Waals surface area (Å²) in [6.45, 7) is 8.05. The Hall–Kier alpha value is -1.04. The second-order valence-electron chi connectivity index (χ2n) is 5.82. The molecule has 0 spiro atoms. The Bertz CT molecular complexity index is 455. The first-order valence-corrected chi connectivity index (χ1v) is 6.44. The second-order valence-corrected chi connectivity index (χ2v) is 5.82. The lowest BCUT2D eigenvalue weighted by atomic mass is 9.78. The number of hydrogen-bond acceptors (Lipinski definition) is 4. The van der Waals surface area contributed by atoms with Crippen molar-refractivity contribution in [1.29, 1.82) is 0 Å². The Morgan fingerprint density at radius 1 is 1.16 bits per heavy atom. The fraction of sp³-hybridized carbons (Fsp3) is 0.571. The summed E-state index contributed by atoms with van der Waals surface area (Å²) in [4.78, 5) is 0. The molecule has 1 aliphatic rings. The molecule has 104 valence electrons. The monoisotopic (exact) mass is 264 g/mol. The van der Waals surface area contributed by atoms with E-state index in [0.717, 1.165) is 11.0 Å². The van der Waals surface area contributed by atoms with Crippen molar-refractivity contribution < 1.29 is 19.2 Å². The van der Waals surface area contributed by atoms with Crippen molar-refractivity contribution in [2.45, 2.75) is 45.5 Å². The fourth-order valence-electron chi connectivity index (χ4n) is 2.02. The van der Waals surface area contributed by atoms with Crippen molar-refractivity contribution in [3.05, 3.63) is 23.8 Å². The van der Waals surface area contributed by atoms with E-state index in [1.807, 2.05) is 39.8 Å². The van der Waals surface area contributed by atoms with Crippen LogP contribution in [0.2, 0.25) is 0 Å². The smallest absolute Gasteiger partial charge is 0.497 e. The highest BCUT2D eigenvalue weighted by atomic mass is 16.7. The third-order valence-electron chi connectivity index (χ3n) is 3.99. The lowest BCUT2D eigenvalue weighted by molar-refractivity contribution is 0.00578. The van der Waals surface area contributed by atoms with Crippen LogP contribution in [0.4, 0.5) is 0 Å². The highest BCUT2D eigenvalue weighted by molar-refractivity contribution is 6.63. The Labute approximate surface area is 114 Å². The van der Waals surface area contributed by atoms with Gasteiger partial charge >= 0.3 is 7.12 Å². The van der Waals surface area contributed by atoms with Crippen molar-refractivity contribution in [3.8, 4) is 5.75 Å². The Kier molecular flexibility index (Phi) is 3.64. The summed E-state index contributed by atoms with van der Waals surface area (Å²) < 4.78 is 17.4. The van der Waals surface area contributed by atoms with Gasteiger partial charge in [0.1, 0.15) is 5.75 Å². The number of rotatable bonds is 3. The van der Waals surface area contributed by atoms with E-state index >= 15 is 0 Å². The molecule has 5 heteroatoms. The molecule has 0 aliphatic carbocycles. The van der Waals surface area contributed by atoms with Gasteiger partial charge in [0.25, 0.3) is 0 Å². The first kappa shape index (κ1) is 14.4. The quantitative estimate of drug-likeness (QED) is 0.840. The molecule has 4 nitrogen and oxygen atoms in total. The normalized spacial score (nSPS) is 20.6. The topological polar surface area (TPSA) is 47.9 Å². The molecule has 0 unspecified atom stereocenters. The predicted molar refractivity (Wildman–Crippen MR) is 74.6 cm³/mol. The predicted octanol–water partition coefficient (Wildman–Crippen LogP) is 1.49. The minimum atomic E-state index is -0.451. The number of aliphatic hydroxyl groups excluding tert-OH is 1. The molecule has 1 N–H and O–H groups in total. The molecule has 0 atom stereocenters. The van der Waals surface area contributed by atoms with Crippen molar-refractivity contribution in [3.63, 3.8) is 0 Å². The van der Waals surface area contributed by atoms with E-state index in [1.165, 1.54) is 0 Å². The van der Waals surface area contributed by atoms with Crippen LogP contribution in [-0.4, -0.2) is 30.5 Å². The van der Waals surface area contributed by atoms with Crippen LogP contribution in [0.3, 0.4) is 0 Å². The first-order valence-electron chi connectivity index (χ1n) is 6.44. The molecule has 19 heavy (non-hydrogen) atoms. The third-order valence-corrected chi connectivity index (χ3v) is 3.99. The summed E-state index contributed by atoms with van der Waals surface area (Å²) in [7, 11) is 1.15. The van der Waals surface area contributed by atoms with Crippen LogP contribution in [0, 0.1) is 0 Å². The first-order chi connectivity index (χ1) is 8.80. The molecule has 0 saturated carbocycles. The van der Waals surface area contributed by atoms with Crippen LogP contribution in [0.15, 0.2) is 18.2 Å². The van der Waals surface area contributed by atoms with E-state index in [1.54, 1.807) is 13.2 Å². The average Bonchev–Trinajstić information content (AvgIpc) is 2.57. The van der Waals surface area contributed by atoms with Crippen molar-refractivity contribution in [2.75, 3.05) is 7.11 Å². The third kappa shape index (κ3) is 2.50. The average molecular weight is 264 g/mol. The standard InChI is InChI=1S/C14H21BO4/c1-13(2)14(3,4)19-15(18-13)11-7-6-10(9-16)8-12(11)17-5/h6-8,16H,9H2,1-5H3. The maximum atomic E-state index is 9.16. The van der Waals surface area contributed by atoms with E-state index in [2.05, 4.69) is 0 Å². The fourth-order valence-corrected chi connectivity index (χ4v) is 2.02. The summed E-state index contributed by atoms with van der Waals surface area (Å²) in [6, 6.07) is 5.54. The second kappa shape index (κ2) is 4.82. The highest BCUT2D eigenvalue weighted by Gasteiger charge is 2.52. The molecular weight excluding hydrogens is 243 g/mol. The summed E-state index contributed by atoms with van der Waals surface area (Å²) in [6.07, 6.45) is 0. The van der Waals surface area contributed by atoms with Crippen LogP contribution in [0.1, 0.15) is 33.3 Å². The van der Waals surface area contributed by atoms with Crippen LogP contribution in [0.5, 0.6) is 5.75 Å². The Balaban J connectivity index is 2.34. The number of benzene rings is 1. The molecule has 0 amide bonds. The van der Waals surface area contributed by atoms with Gasteiger partial charge in [-0.05, 0) is 39.3 Å². The molecule has 2 rings (SSSR count). The molecule has 1 aliphatic heterocycles. The van der Waals surface area contributed by atoms with Gasteiger partial charge in [-0.3, -0.25) is 0 Å². The number of aliphatic hydroxyl groups is 1. The van der Waals surface area contributed by atoms with Gasteiger partial charge in [-0.1, -0.05) is 12.1 Å². The number of ether oxygens (including phenoxy) is 1. The highest BCUT2D eigenvalue weighted by Crippen LogP contribution is 2.37. The molecular formula is C14H21BO4. The zero-order valence-electron chi connectivity index (χ0n) is 12.2. The van der Waals surface area contributed by atoms with E-state index in [-0.39, 0.29) is 17.8 Å². The van der Waals surface area contributed by atoms with Crippen molar-refractivity contribution in [1.82, 2.24) is 0 Å². The van der Waals surface area contributed by atoms with Gasteiger partial charge < -0.3 is 19.2 Å².